The van der Waals surface area contributed by atoms with Gasteiger partial charge in [0, 0.05) is 12.4 Å². The highest BCUT2D eigenvalue weighted by Crippen LogP contribution is 2.28. The van der Waals surface area contributed by atoms with E-state index in [1.807, 2.05) is 18.6 Å². The molecule has 96 valence electrons. The number of fused-ring (bicyclic) bond motifs is 1. The Bertz CT molecular complexity index is 694. The average Bonchev–Trinajstić information content (AvgIpc) is 3.08. The van der Waals surface area contributed by atoms with Gasteiger partial charge in [-0.15, -0.1) is 0 Å². The van der Waals surface area contributed by atoms with Gasteiger partial charge in [0.2, 0.25) is 0 Å². The predicted molar refractivity (Wildman–Crippen MR) is 75.9 cm³/mol. The summed E-state index contributed by atoms with van der Waals surface area (Å²) in [6, 6.07) is 6.40. The van der Waals surface area contributed by atoms with Crippen LogP contribution in [0.5, 0.6) is 0 Å². The number of allylic oxidation sites excluding steroid dienone is 1. The lowest BCUT2D eigenvalue weighted by Gasteiger charge is -2.20. The van der Waals surface area contributed by atoms with Gasteiger partial charge in [0.1, 0.15) is 0 Å². The zero-order valence-corrected chi connectivity index (χ0v) is 10.9. The van der Waals surface area contributed by atoms with E-state index >= 15 is 0 Å². The topological polar surface area (TPSA) is 46.5 Å². The number of hydrogen-bond acceptors (Lipinski definition) is 2. The van der Waals surface area contributed by atoms with Gasteiger partial charge in [0.25, 0.3) is 0 Å². The Morgan fingerprint density at radius 2 is 2.37 bits per heavy atom. The Balaban J connectivity index is 2.10. The van der Waals surface area contributed by atoms with Gasteiger partial charge >= 0.3 is 0 Å². The van der Waals surface area contributed by atoms with E-state index in [0.29, 0.717) is 0 Å². The van der Waals surface area contributed by atoms with Crippen molar-refractivity contribution in [2.45, 2.75) is 19.4 Å². The maximum Gasteiger partial charge on any atom is 0.0954 e. The van der Waals surface area contributed by atoms with E-state index in [0.717, 1.165) is 23.0 Å². The summed E-state index contributed by atoms with van der Waals surface area (Å²) < 4.78 is 2.09. The summed E-state index contributed by atoms with van der Waals surface area (Å²) in [6.07, 6.45) is 8.26. The minimum absolute atomic E-state index is 0.125. The van der Waals surface area contributed by atoms with Crippen LogP contribution < -0.4 is 0 Å². The molecule has 4 nitrogen and oxygen atoms in total. The summed E-state index contributed by atoms with van der Waals surface area (Å²) in [5.74, 6) is 0. The predicted octanol–water partition coefficient (Wildman–Crippen LogP) is 3.32. The number of rotatable bonds is 4. The lowest BCUT2D eigenvalue weighted by Crippen LogP contribution is -2.11. The van der Waals surface area contributed by atoms with Gasteiger partial charge in [0.05, 0.1) is 29.7 Å². The first-order valence-corrected chi connectivity index (χ1v) is 6.37. The van der Waals surface area contributed by atoms with E-state index in [1.165, 1.54) is 5.56 Å². The maximum atomic E-state index is 4.25. The van der Waals surface area contributed by atoms with Crippen molar-refractivity contribution < 1.29 is 0 Å². The van der Waals surface area contributed by atoms with E-state index < -0.39 is 0 Å². The molecule has 3 rings (SSSR count). The zero-order chi connectivity index (χ0) is 13.2. The highest BCUT2D eigenvalue weighted by atomic mass is 15.1. The zero-order valence-electron chi connectivity index (χ0n) is 10.9. The summed E-state index contributed by atoms with van der Waals surface area (Å²) >= 11 is 0. The fourth-order valence-electron chi connectivity index (χ4n) is 2.36. The van der Waals surface area contributed by atoms with Crippen LogP contribution in [0.1, 0.15) is 24.9 Å². The molecule has 1 unspecified atom stereocenters. The van der Waals surface area contributed by atoms with Crippen molar-refractivity contribution >= 4 is 11.0 Å². The summed E-state index contributed by atoms with van der Waals surface area (Å²) in [6.45, 7) is 6.33. The minimum atomic E-state index is 0.125. The van der Waals surface area contributed by atoms with E-state index in [1.54, 1.807) is 12.5 Å². The van der Waals surface area contributed by atoms with E-state index in [9.17, 15) is 0 Å². The molecule has 19 heavy (non-hydrogen) atoms. The molecule has 0 amide bonds. The summed E-state index contributed by atoms with van der Waals surface area (Å²) in [7, 11) is 0. The van der Waals surface area contributed by atoms with Gasteiger partial charge in [-0.2, -0.15) is 0 Å². The Hall–Kier alpha value is -2.36. The molecule has 0 fully saturated rings. The van der Waals surface area contributed by atoms with Crippen LogP contribution in [0.2, 0.25) is 0 Å². The van der Waals surface area contributed by atoms with Crippen LogP contribution in [0.4, 0.5) is 0 Å². The number of aromatic amines is 1. The molecule has 0 aliphatic carbocycles. The van der Waals surface area contributed by atoms with Gasteiger partial charge in [-0.25, -0.2) is 9.97 Å². The molecule has 0 aliphatic heterocycles. The van der Waals surface area contributed by atoms with Crippen molar-refractivity contribution in [1.29, 1.82) is 0 Å². The molecular formula is C15H16N4. The highest BCUT2D eigenvalue weighted by Gasteiger charge is 2.16. The van der Waals surface area contributed by atoms with Crippen molar-refractivity contribution in [3.63, 3.8) is 0 Å². The smallest absolute Gasteiger partial charge is 0.0954 e. The first kappa shape index (κ1) is 11.7. The van der Waals surface area contributed by atoms with Crippen LogP contribution in [0.3, 0.4) is 0 Å². The number of nitrogens with one attached hydrogen (secondary N) is 1. The second-order valence-electron chi connectivity index (χ2n) is 4.60. The van der Waals surface area contributed by atoms with Crippen LogP contribution in [0.25, 0.3) is 11.0 Å². The summed E-state index contributed by atoms with van der Waals surface area (Å²) in [4.78, 5) is 11.5. The van der Waals surface area contributed by atoms with Gasteiger partial charge in [-0.05, 0) is 24.1 Å². The van der Waals surface area contributed by atoms with E-state index in [-0.39, 0.29) is 6.04 Å². The largest absolute Gasteiger partial charge is 0.345 e. The summed E-state index contributed by atoms with van der Waals surface area (Å²) in [5, 5.41) is 0. The molecule has 4 heteroatoms. The fourth-order valence-corrected chi connectivity index (χ4v) is 2.36. The number of H-pyrrole nitrogens is 1. The van der Waals surface area contributed by atoms with Gasteiger partial charge in [-0.3, -0.25) is 0 Å². The standard InChI is InChI=1S/C15H16N4/c1-3-11(2)15(19-7-6-16-10-19)12-4-5-13-14(8-12)18-9-17-13/h4-10,15H,2-3H2,1H3,(H,17,18). The van der Waals surface area contributed by atoms with E-state index in [4.69, 9.17) is 0 Å². The molecule has 0 saturated heterocycles. The Morgan fingerprint density at radius 3 is 3.11 bits per heavy atom. The Labute approximate surface area is 111 Å². The third-order valence-corrected chi connectivity index (χ3v) is 3.42. The monoisotopic (exact) mass is 252 g/mol. The van der Waals surface area contributed by atoms with Crippen molar-refractivity contribution in [1.82, 2.24) is 19.5 Å². The molecule has 1 atom stereocenters. The number of hydrogen-bond donors (Lipinski definition) is 1. The van der Waals surface area contributed by atoms with Crippen molar-refractivity contribution in [3.8, 4) is 0 Å². The van der Waals surface area contributed by atoms with Crippen LogP contribution in [0.15, 0.2) is 55.4 Å². The molecule has 2 heterocycles. The lowest BCUT2D eigenvalue weighted by atomic mass is 9.97. The molecule has 0 aliphatic rings. The van der Waals surface area contributed by atoms with Gasteiger partial charge < -0.3 is 9.55 Å². The number of nitrogens with zero attached hydrogens (tertiary/aromatic N) is 3. The fraction of sp³-hybridized carbons (Fsp3) is 0.200. The number of aromatic nitrogens is 4. The molecule has 3 aromatic rings. The molecular weight excluding hydrogens is 236 g/mol. The number of imidazole rings is 2. The van der Waals surface area contributed by atoms with Crippen LogP contribution in [-0.2, 0) is 0 Å². The van der Waals surface area contributed by atoms with Gasteiger partial charge in [-0.1, -0.05) is 25.1 Å². The first-order valence-electron chi connectivity index (χ1n) is 6.37. The Kier molecular flexibility index (Phi) is 2.91. The van der Waals surface area contributed by atoms with Crippen LogP contribution in [-0.4, -0.2) is 19.5 Å². The van der Waals surface area contributed by atoms with Crippen LogP contribution in [0, 0.1) is 0 Å². The Morgan fingerprint density at radius 1 is 1.47 bits per heavy atom. The van der Waals surface area contributed by atoms with Crippen molar-refractivity contribution in [3.05, 3.63) is 61.0 Å². The normalized spacial score (nSPS) is 12.7. The minimum Gasteiger partial charge on any atom is -0.345 e. The average molecular weight is 252 g/mol. The maximum absolute atomic E-state index is 4.25. The quantitative estimate of drug-likeness (QED) is 0.724. The second-order valence-corrected chi connectivity index (χ2v) is 4.60. The number of benzene rings is 1. The van der Waals surface area contributed by atoms with E-state index in [2.05, 4.69) is 45.2 Å². The van der Waals surface area contributed by atoms with Crippen molar-refractivity contribution in [2.75, 3.05) is 0 Å². The van der Waals surface area contributed by atoms with Gasteiger partial charge in [0.15, 0.2) is 0 Å². The molecule has 0 spiro atoms. The molecule has 1 N–H and O–H groups in total. The van der Waals surface area contributed by atoms with Crippen molar-refractivity contribution in [2.24, 2.45) is 0 Å². The summed E-state index contributed by atoms with van der Waals surface area (Å²) in [5.41, 5.74) is 4.39. The molecule has 1 aromatic carbocycles. The lowest BCUT2D eigenvalue weighted by molar-refractivity contribution is 0.647. The first-order chi connectivity index (χ1) is 9.29. The second kappa shape index (κ2) is 4.72. The third-order valence-electron chi connectivity index (χ3n) is 3.42. The third kappa shape index (κ3) is 2.05. The molecule has 2 aromatic heterocycles. The van der Waals surface area contributed by atoms with Crippen LogP contribution >= 0.6 is 0 Å². The molecule has 0 bridgehead atoms. The SMILES string of the molecule is C=C(CC)C(c1ccc2nc[nH]c2c1)n1ccnc1. The molecule has 0 saturated carbocycles. The molecule has 0 radical (unpaired) electrons. The highest BCUT2D eigenvalue weighted by molar-refractivity contribution is 5.75.